The number of hydrogen-bond acceptors (Lipinski definition) is 5. The van der Waals surface area contributed by atoms with E-state index in [9.17, 15) is 10.1 Å². The molecule has 0 saturated carbocycles. The smallest absolute Gasteiger partial charge is 0.270 e. The van der Waals surface area contributed by atoms with Gasteiger partial charge in [-0.25, -0.2) is 0 Å². The van der Waals surface area contributed by atoms with Gasteiger partial charge in [-0.3, -0.25) is 10.1 Å². The van der Waals surface area contributed by atoms with Crippen LogP contribution in [0.2, 0.25) is 0 Å². The standard InChI is InChI=1S/C12H13N3O2S/c13-9-10-8-11(15(16)17)2-3-12(10)14-4-1-6-18-7-5-14/h2-3,8H,1,4-7H2. The fourth-order valence-electron chi connectivity index (χ4n) is 1.99. The van der Waals surface area contributed by atoms with E-state index < -0.39 is 4.92 Å². The molecular weight excluding hydrogens is 250 g/mol. The number of thioether (sulfide) groups is 1. The van der Waals surface area contributed by atoms with Crippen LogP contribution in [0.15, 0.2) is 18.2 Å². The van der Waals surface area contributed by atoms with Crippen LogP contribution >= 0.6 is 11.8 Å². The van der Waals surface area contributed by atoms with Gasteiger partial charge in [0.15, 0.2) is 0 Å². The van der Waals surface area contributed by atoms with Crippen molar-refractivity contribution in [2.75, 3.05) is 29.5 Å². The van der Waals surface area contributed by atoms with Crippen molar-refractivity contribution in [2.24, 2.45) is 0 Å². The summed E-state index contributed by atoms with van der Waals surface area (Å²) in [5.41, 5.74) is 1.17. The molecule has 0 spiro atoms. The van der Waals surface area contributed by atoms with Crippen molar-refractivity contribution in [3.63, 3.8) is 0 Å². The molecule has 5 nitrogen and oxygen atoms in total. The Kier molecular flexibility index (Phi) is 4.05. The molecule has 2 rings (SSSR count). The largest absolute Gasteiger partial charge is 0.370 e. The molecule has 1 fully saturated rings. The first kappa shape index (κ1) is 12.7. The fourth-order valence-corrected chi connectivity index (χ4v) is 2.88. The van der Waals surface area contributed by atoms with Crippen LogP contribution in [0.1, 0.15) is 12.0 Å². The fraction of sp³-hybridized carbons (Fsp3) is 0.417. The highest BCUT2D eigenvalue weighted by Gasteiger charge is 2.16. The molecular formula is C12H13N3O2S. The molecule has 94 valence electrons. The molecule has 1 saturated heterocycles. The molecule has 1 heterocycles. The lowest BCUT2D eigenvalue weighted by Crippen LogP contribution is -2.26. The third kappa shape index (κ3) is 2.74. The molecule has 1 aliphatic rings. The van der Waals surface area contributed by atoms with Gasteiger partial charge in [-0.15, -0.1) is 0 Å². The number of nitrogens with zero attached hydrogens (tertiary/aromatic N) is 3. The van der Waals surface area contributed by atoms with Crippen LogP contribution in [-0.4, -0.2) is 29.5 Å². The maximum atomic E-state index is 10.7. The van der Waals surface area contributed by atoms with Gasteiger partial charge >= 0.3 is 0 Å². The van der Waals surface area contributed by atoms with Gasteiger partial charge in [-0.05, 0) is 18.2 Å². The molecule has 0 unspecified atom stereocenters. The number of nitriles is 1. The molecule has 0 radical (unpaired) electrons. The Morgan fingerprint density at radius 3 is 2.94 bits per heavy atom. The number of benzene rings is 1. The molecule has 0 aliphatic carbocycles. The Labute approximate surface area is 110 Å². The summed E-state index contributed by atoms with van der Waals surface area (Å²) in [7, 11) is 0. The van der Waals surface area contributed by atoms with Crippen molar-refractivity contribution in [3.8, 4) is 6.07 Å². The summed E-state index contributed by atoms with van der Waals surface area (Å²) in [6, 6.07) is 6.56. The van der Waals surface area contributed by atoms with Crippen molar-refractivity contribution in [3.05, 3.63) is 33.9 Å². The van der Waals surface area contributed by atoms with Crippen molar-refractivity contribution in [2.45, 2.75) is 6.42 Å². The van der Waals surface area contributed by atoms with E-state index in [0.29, 0.717) is 5.56 Å². The second kappa shape index (κ2) is 5.74. The van der Waals surface area contributed by atoms with E-state index in [4.69, 9.17) is 5.26 Å². The highest BCUT2D eigenvalue weighted by atomic mass is 32.2. The van der Waals surface area contributed by atoms with Crippen LogP contribution in [0.4, 0.5) is 11.4 Å². The number of nitro groups is 1. The maximum Gasteiger partial charge on any atom is 0.270 e. The topological polar surface area (TPSA) is 70.2 Å². The van der Waals surface area contributed by atoms with Gasteiger partial charge in [0.25, 0.3) is 5.69 Å². The van der Waals surface area contributed by atoms with Crippen LogP contribution in [0, 0.1) is 21.4 Å². The molecule has 0 bridgehead atoms. The Hall–Kier alpha value is -1.74. The lowest BCUT2D eigenvalue weighted by atomic mass is 10.1. The van der Waals surface area contributed by atoms with Crippen LogP contribution in [0.3, 0.4) is 0 Å². The zero-order chi connectivity index (χ0) is 13.0. The Balaban J connectivity index is 2.32. The van der Waals surface area contributed by atoms with E-state index in [1.807, 2.05) is 11.8 Å². The minimum atomic E-state index is -0.469. The highest BCUT2D eigenvalue weighted by molar-refractivity contribution is 7.99. The monoisotopic (exact) mass is 263 g/mol. The summed E-state index contributed by atoms with van der Waals surface area (Å²) in [6.45, 7) is 1.79. The van der Waals surface area contributed by atoms with Gasteiger partial charge in [0.2, 0.25) is 0 Å². The number of nitro benzene ring substituents is 1. The van der Waals surface area contributed by atoms with Crippen molar-refractivity contribution in [1.29, 1.82) is 5.26 Å². The molecule has 0 N–H and O–H groups in total. The van der Waals surface area contributed by atoms with Crippen LogP contribution in [0.5, 0.6) is 0 Å². The summed E-state index contributed by atoms with van der Waals surface area (Å²) in [5, 5.41) is 19.8. The van der Waals surface area contributed by atoms with Gasteiger partial charge in [0.1, 0.15) is 6.07 Å². The molecule has 1 aromatic rings. The second-order valence-electron chi connectivity index (χ2n) is 4.02. The molecule has 0 atom stereocenters. The quantitative estimate of drug-likeness (QED) is 0.605. The van der Waals surface area contributed by atoms with Crippen molar-refractivity contribution < 1.29 is 4.92 Å². The van der Waals surface area contributed by atoms with E-state index in [2.05, 4.69) is 11.0 Å². The Morgan fingerprint density at radius 2 is 2.22 bits per heavy atom. The van der Waals surface area contributed by atoms with E-state index >= 15 is 0 Å². The third-order valence-electron chi connectivity index (χ3n) is 2.87. The molecule has 0 aromatic heterocycles. The summed E-state index contributed by atoms with van der Waals surface area (Å²) < 4.78 is 0. The number of non-ortho nitro benzene ring substituents is 1. The Morgan fingerprint density at radius 1 is 1.39 bits per heavy atom. The van der Waals surface area contributed by atoms with E-state index in [0.717, 1.165) is 36.7 Å². The van der Waals surface area contributed by atoms with Gasteiger partial charge in [0, 0.05) is 31.0 Å². The highest BCUT2D eigenvalue weighted by Crippen LogP contribution is 2.26. The van der Waals surface area contributed by atoms with E-state index in [-0.39, 0.29) is 5.69 Å². The molecule has 18 heavy (non-hydrogen) atoms. The SMILES string of the molecule is N#Cc1cc([N+](=O)[O-])ccc1N1CCCSCC1. The van der Waals surface area contributed by atoms with Gasteiger partial charge in [0.05, 0.1) is 16.2 Å². The number of rotatable bonds is 2. The Bertz CT molecular complexity index is 491. The second-order valence-corrected chi connectivity index (χ2v) is 5.25. The summed E-state index contributed by atoms with van der Waals surface area (Å²) in [5.74, 6) is 2.16. The number of hydrogen-bond donors (Lipinski definition) is 0. The molecule has 1 aromatic carbocycles. The normalized spacial score (nSPS) is 15.8. The first-order valence-corrected chi connectivity index (χ1v) is 6.89. The predicted molar refractivity (Wildman–Crippen MR) is 72.0 cm³/mol. The van der Waals surface area contributed by atoms with Crippen molar-refractivity contribution >= 4 is 23.1 Å². The first-order chi connectivity index (χ1) is 8.72. The van der Waals surface area contributed by atoms with E-state index in [1.165, 1.54) is 12.1 Å². The first-order valence-electron chi connectivity index (χ1n) is 5.73. The lowest BCUT2D eigenvalue weighted by molar-refractivity contribution is -0.384. The van der Waals surface area contributed by atoms with Crippen molar-refractivity contribution in [1.82, 2.24) is 0 Å². The molecule has 0 amide bonds. The third-order valence-corrected chi connectivity index (χ3v) is 3.92. The minimum Gasteiger partial charge on any atom is -0.370 e. The zero-order valence-corrected chi connectivity index (χ0v) is 10.7. The minimum absolute atomic E-state index is 0.0282. The molecule has 6 heteroatoms. The van der Waals surface area contributed by atoms with Gasteiger partial charge in [-0.1, -0.05) is 0 Å². The summed E-state index contributed by atoms with van der Waals surface area (Å²) in [4.78, 5) is 12.4. The van der Waals surface area contributed by atoms with Gasteiger partial charge in [-0.2, -0.15) is 17.0 Å². The van der Waals surface area contributed by atoms with Crippen LogP contribution < -0.4 is 4.90 Å². The number of anilines is 1. The lowest BCUT2D eigenvalue weighted by Gasteiger charge is -2.23. The average molecular weight is 263 g/mol. The van der Waals surface area contributed by atoms with Gasteiger partial charge < -0.3 is 4.90 Å². The van der Waals surface area contributed by atoms with Crippen LogP contribution in [0.25, 0.3) is 0 Å². The van der Waals surface area contributed by atoms with E-state index in [1.54, 1.807) is 6.07 Å². The predicted octanol–water partition coefficient (Wildman–Crippen LogP) is 2.41. The summed E-state index contributed by atoms with van der Waals surface area (Å²) in [6.07, 6.45) is 1.08. The molecule has 1 aliphatic heterocycles. The zero-order valence-electron chi connectivity index (χ0n) is 9.83. The summed E-state index contributed by atoms with van der Waals surface area (Å²) >= 11 is 1.90. The van der Waals surface area contributed by atoms with Crippen LogP contribution in [-0.2, 0) is 0 Å². The maximum absolute atomic E-state index is 10.7. The average Bonchev–Trinajstić information content (AvgIpc) is 2.66.